The molecule has 108 valence electrons. The summed E-state index contributed by atoms with van der Waals surface area (Å²) in [5.41, 5.74) is 1.12. The summed E-state index contributed by atoms with van der Waals surface area (Å²) < 4.78 is 4.90. The molecule has 0 N–H and O–H groups in total. The first kappa shape index (κ1) is 20.4. The number of thiophene rings is 1. The fourth-order valence-corrected chi connectivity index (χ4v) is 1.54. The lowest BCUT2D eigenvalue weighted by Gasteiger charge is -1.71. The van der Waals surface area contributed by atoms with Crippen LogP contribution in [0.1, 0.15) is 52.9 Å². The number of rotatable bonds is 0. The maximum atomic E-state index is 4.90. The van der Waals surface area contributed by atoms with Crippen molar-refractivity contribution in [3.8, 4) is 23.7 Å². The molecule has 2 rings (SSSR count). The molecule has 0 fully saturated rings. The quantitative estimate of drug-likeness (QED) is 0.556. The molecule has 0 radical (unpaired) electrons. The summed E-state index contributed by atoms with van der Waals surface area (Å²) in [5, 5.41) is 4.07. The molecule has 0 amide bonds. The first-order valence-corrected chi connectivity index (χ1v) is 7.72. The molecule has 2 heterocycles. The number of hydrogen-bond donors (Lipinski definition) is 0. The second-order valence-electron chi connectivity index (χ2n) is 2.74. The highest BCUT2D eigenvalue weighted by Gasteiger charge is 1.82. The standard InChI is InChI=1S/C7H6O.C7H6S.2C2H6/c1-2-4-7-5-3-6-8-7;1-2-3-7-4-5-8-6-7;2*1-2/h3,5-6H,1H3;4-6H,1H3;2*1-2H3. The first-order valence-electron chi connectivity index (χ1n) is 6.78. The van der Waals surface area contributed by atoms with Gasteiger partial charge in [-0.2, -0.15) is 11.3 Å². The van der Waals surface area contributed by atoms with E-state index in [2.05, 4.69) is 23.7 Å². The van der Waals surface area contributed by atoms with Gasteiger partial charge >= 0.3 is 0 Å². The average molecular weight is 288 g/mol. The molecule has 1 nitrogen and oxygen atoms in total. The van der Waals surface area contributed by atoms with E-state index >= 15 is 0 Å². The Bertz CT molecular complexity index is 449. The van der Waals surface area contributed by atoms with Crippen molar-refractivity contribution in [3.63, 3.8) is 0 Å². The summed E-state index contributed by atoms with van der Waals surface area (Å²) in [4.78, 5) is 0. The lowest BCUT2D eigenvalue weighted by molar-refractivity contribution is 0.554. The van der Waals surface area contributed by atoms with Crippen LogP contribution in [-0.4, -0.2) is 0 Å². The van der Waals surface area contributed by atoms with Crippen LogP contribution in [0.5, 0.6) is 0 Å². The Morgan fingerprint density at radius 2 is 1.60 bits per heavy atom. The summed E-state index contributed by atoms with van der Waals surface area (Å²) in [5.74, 6) is 12.0. The highest BCUT2D eigenvalue weighted by molar-refractivity contribution is 7.08. The lowest BCUT2D eigenvalue weighted by atomic mass is 10.3. The van der Waals surface area contributed by atoms with Crippen LogP contribution in [0.3, 0.4) is 0 Å². The van der Waals surface area contributed by atoms with Gasteiger partial charge in [0.2, 0.25) is 0 Å². The minimum Gasteiger partial charge on any atom is -0.456 e. The lowest BCUT2D eigenvalue weighted by Crippen LogP contribution is -1.57. The maximum Gasteiger partial charge on any atom is 0.176 e. The highest BCUT2D eigenvalue weighted by Crippen LogP contribution is 2.02. The molecule has 0 spiro atoms. The summed E-state index contributed by atoms with van der Waals surface area (Å²) in [6.07, 6.45) is 1.61. The van der Waals surface area contributed by atoms with Crippen LogP contribution in [0.25, 0.3) is 0 Å². The zero-order valence-electron chi connectivity index (χ0n) is 13.3. The molecule has 0 aliphatic carbocycles. The van der Waals surface area contributed by atoms with E-state index in [0.717, 1.165) is 11.3 Å². The second-order valence-corrected chi connectivity index (χ2v) is 3.52. The van der Waals surface area contributed by atoms with Gasteiger partial charge in [-0.05, 0) is 43.3 Å². The van der Waals surface area contributed by atoms with Gasteiger partial charge in [-0.15, -0.1) is 5.92 Å². The van der Waals surface area contributed by atoms with Gasteiger partial charge in [-0.1, -0.05) is 39.5 Å². The largest absolute Gasteiger partial charge is 0.456 e. The molecule has 2 heteroatoms. The SMILES string of the molecule is CC.CC.CC#Cc1ccco1.CC#Cc1ccsc1. The van der Waals surface area contributed by atoms with Gasteiger partial charge in [0.1, 0.15) is 0 Å². The Kier molecular flexibility index (Phi) is 17.5. The molecular weight excluding hydrogens is 264 g/mol. The van der Waals surface area contributed by atoms with Crippen LogP contribution in [0.15, 0.2) is 39.6 Å². The average Bonchev–Trinajstić information content (AvgIpc) is 3.19. The fraction of sp³-hybridized carbons (Fsp3) is 0.333. The zero-order valence-corrected chi connectivity index (χ0v) is 14.1. The van der Waals surface area contributed by atoms with Crippen LogP contribution in [0.2, 0.25) is 0 Å². The summed E-state index contributed by atoms with van der Waals surface area (Å²) in [6.45, 7) is 11.6. The molecule has 20 heavy (non-hydrogen) atoms. The predicted molar refractivity (Wildman–Crippen MR) is 90.8 cm³/mol. The minimum absolute atomic E-state index is 0.729. The minimum atomic E-state index is 0.729. The molecule has 0 atom stereocenters. The van der Waals surface area contributed by atoms with Gasteiger partial charge < -0.3 is 4.42 Å². The van der Waals surface area contributed by atoms with Gasteiger partial charge in [-0.25, -0.2) is 0 Å². The summed E-state index contributed by atoms with van der Waals surface area (Å²) in [6, 6.07) is 5.66. The zero-order chi connectivity index (χ0) is 15.6. The summed E-state index contributed by atoms with van der Waals surface area (Å²) >= 11 is 1.68. The smallest absolute Gasteiger partial charge is 0.176 e. The van der Waals surface area contributed by atoms with Gasteiger partial charge in [0.15, 0.2) is 5.76 Å². The third-order valence-corrected chi connectivity index (χ3v) is 2.24. The van der Waals surface area contributed by atoms with Crippen LogP contribution in [-0.2, 0) is 0 Å². The topological polar surface area (TPSA) is 13.1 Å². The van der Waals surface area contributed by atoms with Gasteiger partial charge in [0, 0.05) is 10.9 Å². The van der Waals surface area contributed by atoms with E-state index in [4.69, 9.17) is 4.42 Å². The maximum absolute atomic E-state index is 4.90. The van der Waals surface area contributed by atoms with E-state index in [1.807, 2.05) is 63.6 Å². The molecule has 0 unspecified atom stereocenters. The van der Waals surface area contributed by atoms with Gasteiger partial charge in [0.25, 0.3) is 0 Å². The van der Waals surface area contributed by atoms with Crippen LogP contribution in [0, 0.1) is 23.7 Å². The van der Waals surface area contributed by atoms with Crippen molar-refractivity contribution in [1.29, 1.82) is 0 Å². The molecule has 2 aromatic rings. The van der Waals surface area contributed by atoms with E-state index in [1.54, 1.807) is 24.5 Å². The number of hydrogen-bond acceptors (Lipinski definition) is 2. The number of furan rings is 1. The molecular formula is C18H24OS. The van der Waals surface area contributed by atoms with Gasteiger partial charge in [-0.3, -0.25) is 0 Å². The predicted octanol–water partition coefficient (Wildman–Crippen LogP) is 5.82. The van der Waals surface area contributed by atoms with Crippen LogP contribution >= 0.6 is 11.3 Å². The third-order valence-electron chi connectivity index (χ3n) is 1.56. The van der Waals surface area contributed by atoms with Crippen molar-refractivity contribution >= 4 is 11.3 Å². The van der Waals surface area contributed by atoms with Crippen molar-refractivity contribution in [1.82, 2.24) is 0 Å². The van der Waals surface area contributed by atoms with Crippen molar-refractivity contribution in [2.24, 2.45) is 0 Å². The van der Waals surface area contributed by atoms with Crippen molar-refractivity contribution < 1.29 is 4.42 Å². The normalized spacial score (nSPS) is 6.70. The summed E-state index contributed by atoms with van der Waals surface area (Å²) in [7, 11) is 0. The third kappa shape index (κ3) is 11.2. The van der Waals surface area contributed by atoms with E-state index in [0.29, 0.717) is 0 Å². The fourth-order valence-electron chi connectivity index (χ4n) is 0.953. The Balaban J connectivity index is 0. The second kappa shape index (κ2) is 17.1. The Hall–Kier alpha value is -1.90. The molecule has 0 bridgehead atoms. The monoisotopic (exact) mass is 288 g/mol. The van der Waals surface area contributed by atoms with Crippen molar-refractivity contribution in [2.75, 3.05) is 0 Å². The first-order chi connectivity index (χ1) is 9.86. The Morgan fingerprint density at radius 1 is 0.950 bits per heavy atom. The van der Waals surface area contributed by atoms with Crippen molar-refractivity contribution in [3.05, 3.63) is 46.5 Å². The Labute approximate surface area is 128 Å². The molecule has 0 saturated carbocycles. The van der Waals surface area contributed by atoms with E-state index < -0.39 is 0 Å². The molecule has 2 aromatic heterocycles. The highest BCUT2D eigenvalue weighted by atomic mass is 32.1. The van der Waals surface area contributed by atoms with E-state index in [-0.39, 0.29) is 0 Å². The van der Waals surface area contributed by atoms with Crippen LogP contribution < -0.4 is 0 Å². The Morgan fingerprint density at radius 3 is 2.00 bits per heavy atom. The molecule has 0 aliphatic rings. The van der Waals surface area contributed by atoms with Gasteiger partial charge in [0.05, 0.1) is 6.26 Å². The van der Waals surface area contributed by atoms with Crippen molar-refractivity contribution in [2.45, 2.75) is 41.5 Å². The molecule has 0 saturated heterocycles. The van der Waals surface area contributed by atoms with E-state index in [1.165, 1.54) is 0 Å². The van der Waals surface area contributed by atoms with Crippen LogP contribution in [0.4, 0.5) is 0 Å². The van der Waals surface area contributed by atoms with E-state index in [9.17, 15) is 0 Å². The molecule has 0 aliphatic heterocycles. The molecule has 0 aromatic carbocycles.